The Morgan fingerprint density at radius 2 is 1.90 bits per heavy atom. The average molecular weight is 286 g/mol. The van der Waals surface area contributed by atoms with Crippen LogP contribution in [0.15, 0.2) is 18.2 Å². The standard InChI is InChI=1S/C15H18N4O2/c1-8-5-14(18-17-9(8)2)16-15(20)19-6-10-11(7-19)13-4-3-12(10)21-13/h3-5,10-13H,6-7H2,1-2H3,(H,16,18,20)/t10-,11-,12+,13+/m0/s1. The lowest BCUT2D eigenvalue weighted by molar-refractivity contribution is 0.0892. The predicted octanol–water partition coefficient (Wildman–Crippen LogP) is 1.51. The molecular formula is C15H18N4O2. The summed E-state index contributed by atoms with van der Waals surface area (Å²) in [5, 5.41) is 10.9. The summed E-state index contributed by atoms with van der Waals surface area (Å²) in [6.45, 7) is 5.36. The first-order valence-corrected chi connectivity index (χ1v) is 7.32. The summed E-state index contributed by atoms with van der Waals surface area (Å²) in [5.41, 5.74) is 1.90. The molecule has 110 valence electrons. The molecule has 4 heterocycles. The normalized spacial score (nSPS) is 32.6. The number of rotatable bonds is 1. The van der Waals surface area contributed by atoms with Gasteiger partial charge in [0.25, 0.3) is 0 Å². The van der Waals surface area contributed by atoms with Crippen molar-refractivity contribution in [1.29, 1.82) is 0 Å². The second kappa shape index (κ2) is 4.53. The van der Waals surface area contributed by atoms with E-state index in [0.29, 0.717) is 17.7 Å². The van der Waals surface area contributed by atoms with Gasteiger partial charge in [0.05, 0.1) is 17.9 Å². The lowest BCUT2D eigenvalue weighted by Gasteiger charge is -2.19. The van der Waals surface area contributed by atoms with Crippen LogP contribution in [0.1, 0.15) is 11.3 Å². The van der Waals surface area contributed by atoms with Gasteiger partial charge in [-0.15, -0.1) is 5.10 Å². The molecule has 1 aromatic heterocycles. The predicted molar refractivity (Wildman–Crippen MR) is 76.9 cm³/mol. The second-order valence-corrected chi connectivity index (χ2v) is 6.11. The van der Waals surface area contributed by atoms with Crippen LogP contribution in [0.2, 0.25) is 0 Å². The molecule has 0 radical (unpaired) electrons. The van der Waals surface area contributed by atoms with Gasteiger partial charge in [-0.1, -0.05) is 12.2 Å². The summed E-state index contributed by atoms with van der Waals surface area (Å²) in [4.78, 5) is 14.2. The van der Waals surface area contributed by atoms with Crippen molar-refractivity contribution in [2.45, 2.75) is 26.1 Å². The van der Waals surface area contributed by atoms with Gasteiger partial charge in [0.1, 0.15) is 0 Å². The first-order chi connectivity index (χ1) is 10.1. The molecule has 0 aliphatic carbocycles. The topological polar surface area (TPSA) is 67.4 Å². The monoisotopic (exact) mass is 286 g/mol. The number of hydrogen-bond acceptors (Lipinski definition) is 4. The number of fused-ring (bicyclic) bond motifs is 5. The van der Waals surface area contributed by atoms with E-state index >= 15 is 0 Å². The molecular weight excluding hydrogens is 268 g/mol. The van der Waals surface area contributed by atoms with Gasteiger partial charge in [0.15, 0.2) is 5.82 Å². The number of carbonyl (C=O) groups is 1. The van der Waals surface area contributed by atoms with E-state index in [-0.39, 0.29) is 18.2 Å². The third-order valence-corrected chi connectivity index (χ3v) is 4.81. The Balaban J connectivity index is 1.44. The van der Waals surface area contributed by atoms with Crippen molar-refractivity contribution in [3.63, 3.8) is 0 Å². The molecule has 2 bridgehead atoms. The van der Waals surface area contributed by atoms with Crippen LogP contribution in [0.3, 0.4) is 0 Å². The fraction of sp³-hybridized carbons (Fsp3) is 0.533. The van der Waals surface area contributed by atoms with Gasteiger partial charge >= 0.3 is 6.03 Å². The fourth-order valence-corrected chi connectivity index (χ4v) is 3.49. The summed E-state index contributed by atoms with van der Waals surface area (Å²) in [6.07, 6.45) is 4.64. The molecule has 2 saturated heterocycles. The van der Waals surface area contributed by atoms with Crippen molar-refractivity contribution in [3.8, 4) is 0 Å². The molecule has 21 heavy (non-hydrogen) atoms. The summed E-state index contributed by atoms with van der Waals surface area (Å²) in [6, 6.07) is 1.76. The fourth-order valence-electron chi connectivity index (χ4n) is 3.49. The minimum atomic E-state index is -0.0960. The molecule has 0 aromatic carbocycles. The first-order valence-electron chi connectivity index (χ1n) is 7.32. The van der Waals surface area contributed by atoms with Crippen LogP contribution >= 0.6 is 0 Å². The van der Waals surface area contributed by atoms with Crippen molar-refractivity contribution in [3.05, 3.63) is 29.5 Å². The average Bonchev–Trinajstić information content (AvgIpc) is 3.13. The molecule has 2 fully saturated rings. The number of anilines is 1. The minimum absolute atomic E-state index is 0.0960. The molecule has 1 aromatic rings. The Hall–Kier alpha value is -1.95. The molecule has 6 heteroatoms. The molecule has 0 saturated carbocycles. The Morgan fingerprint density at radius 3 is 2.52 bits per heavy atom. The quantitative estimate of drug-likeness (QED) is 0.795. The number of nitrogens with zero attached hydrogens (tertiary/aromatic N) is 3. The third kappa shape index (κ3) is 2.01. The highest BCUT2D eigenvalue weighted by Gasteiger charge is 2.51. The number of ether oxygens (including phenoxy) is 1. The van der Waals surface area contributed by atoms with E-state index in [9.17, 15) is 4.79 Å². The Bertz CT molecular complexity index is 610. The minimum Gasteiger partial charge on any atom is -0.366 e. The van der Waals surface area contributed by atoms with Crippen molar-refractivity contribution in [2.75, 3.05) is 18.4 Å². The van der Waals surface area contributed by atoms with Crippen LogP contribution in [0.4, 0.5) is 10.6 Å². The molecule has 4 atom stereocenters. The molecule has 1 N–H and O–H groups in total. The van der Waals surface area contributed by atoms with Crippen LogP contribution in [0, 0.1) is 25.7 Å². The maximum absolute atomic E-state index is 12.4. The summed E-state index contributed by atoms with van der Waals surface area (Å²) >= 11 is 0. The smallest absolute Gasteiger partial charge is 0.323 e. The number of aromatic nitrogens is 2. The summed E-state index contributed by atoms with van der Waals surface area (Å²) in [7, 11) is 0. The number of aryl methyl sites for hydroxylation is 2. The first kappa shape index (κ1) is 12.8. The van der Waals surface area contributed by atoms with E-state index in [0.717, 1.165) is 24.3 Å². The van der Waals surface area contributed by atoms with Crippen LogP contribution < -0.4 is 5.32 Å². The van der Waals surface area contributed by atoms with E-state index < -0.39 is 0 Å². The van der Waals surface area contributed by atoms with E-state index in [1.165, 1.54) is 0 Å². The van der Waals surface area contributed by atoms with Crippen molar-refractivity contribution >= 4 is 11.8 Å². The Kier molecular flexibility index (Phi) is 2.75. The number of hydrogen-bond donors (Lipinski definition) is 1. The zero-order chi connectivity index (χ0) is 14.6. The van der Waals surface area contributed by atoms with E-state index in [1.807, 2.05) is 24.8 Å². The van der Waals surface area contributed by atoms with Gasteiger partial charge in [-0.05, 0) is 25.5 Å². The van der Waals surface area contributed by atoms with Crippen molar-refractivity contribution in [1.82, 2.24) is 15.1 Å². The molecule has 3 aliphatic heterocycles. The van der Waals surface area contributed by atoms with E-state index in [2.05, 4.69) is 27.7 Å². The third-order valence-electron chi connectivity index (χ3n) is 4.81. The highest BCUT2D eigenvalue weighted by molar-refractivity contribution is 5.88. The summed E-state index contributed by atoms with van der Waals surface area (Å²) < 4.78 is 5.82. The van der Waals surface area contributed by atoms with Crippen molar-refractivity contribution in [2.24, 2.45) is 11.8 Å². The SMILES string of the molecule is Cc1cc(NC(=O)N2C[C@H]3[C@H](C2)[C@H]2C=C[C@H]3O2)nnc1C. The lowest BCUT2D eigenvalue weighted by atomic mass is 9.86. The zero-order valence-corrected chi connectivity index (χ0v) is 12.1. The van der Waals surface area contributed by atoms with Crippen molar-refractivity contribution < 1.29 is 9.53 Å². The summed E-state index contributed by atoms with van der Waals surface area (Å²) in [5.74, 6) is 1.39. The molecule has 0 unspecified atom stereocenters. The van der Waals surface area contributed by atoms with Gasteiger partial charge in [0.2, 0.25) is 0 Å². The zero-order valence-electron chi connectivity index (χ0n) is 12.1. The van der Waals surface area contributed by atoms with Gasteiger partial charge in [-0.3, -0.25) is 5.32 Å². The van der Waals surface area contributed by atoms with Gasteiger partial charge < -0.3 is 9.64 Å². The molecule has 6 nitrogen and oxygen atoms in total. The number of carbonyl (C=O) groups excluding carboxylic acids is 1. The van der Waals surface area contributed by atoms with E-state index in [1.54, 1.807) is 0 Å². The molecule has 2 amide bonds. The van der Waals surface area contributed by atoms with Crippen LogP contribution in [-0.2, 0) is 4.74 Å². The Labute approximate surface area is 123 Å². The van der Waals surface area contributed by atoms with Crippen LogP contribution in [0.25, 0.3) is 0 Å². The highest BCUT2D eigenvalue weighted by atomic mass is 16.5. The van der Waals surface area contributed by atoms with Gasteiger partial charge in [-0.2, -0.15) is 5.10 Å². The number of amides is 2. The maximum Gasteiger partial charge on any atom is 0.323 e. The molecule has 0 spiro atoms. The van der Waals surface area contributed by atoms with E-state index in [4.69, 9.17) is 4.74 Å². The maximum atomic E-state index is 12.4. The van der Waals surface area contributed by atoms with Crippen LogP contribution in [-0.4, -0.2) is 46.4 Å². The van der Waals surface area contributed by atoms with Gasteiger partial charge in [0, 0.05) is 24.9 Å². The Morgan fingerprint density at radius 1 is 1.24 bits per heavy atom. The molecule has 3 aliphatic rings. The number of nitrogens with one attached hydrogen (secondary N) is 1. The van der Waals surface area contributed by atoms with Gasteiger partial charge in [-0.25, -0.2) is 4.79 Å². The lowest BCUT2D eigenvalue weighted by Crippen LogP contribution is -2.35. The largest absolute Gasteiger partial charge is 0.366 e. The highest BCUT2D eigenvalue weighted by Crippen LogP contribution is 2.43. The van der Waals surface area contributed by atoms with Crippen LogP contribution in [0.5, 0.6) is 0 Å². The number of urea groups is 1. The second-order valence-electron chi connectivity index (χ2n) is 6.11. The number of likely N-dealkylation sites (tertiary alicyclic amines) is 1. The molecule has 4 rings (SSSR count).